The lowest BCUT2D eigenvalue weighted by atomic mass is 10.0. The molecule has 0 bridgehead atoms. The number of piperidine rings is 1. The molecule has 2 heterocycles. The minimum Gasteiger partial charge on any atom is -0.353 e. The number of pyridine rings is 1. The van der Waals surface area contributed by atoms with E-state index in [2.05, 4.69) is 10.3 Å². The zero-order valence-corrected chi connectivity index (χ0v) is 12.7. The van der Waals surface area contributed by atoms with Crippen LogP contribution in [-0.2, 0) is 4.79 Å². The molecule has 0 saturated carbocycles. The molecule has 114 valence electrons. The highest BCUT2D eigenvalue weighted by molar-refractivity contribution is 6.17. The van der Waals surface area contributed by atoms with Crippen LogP contribution in [0, 0.1) is 0 Å². The van der Waals surface area contributed by atoms with Crippen molar-refractivity contribution in [2.45, 2.75) is 31.7 Å². The topological polar surface area (TPSA) is 62.3 Å². The van der Waals surface area contributed by atoms with E-state index in [0.29, 0.717) is 37.5 Å². The number of hydrogen-bond donors (Lipinski definition) is 1. The second kappa shape index (κ2) is 7.98. The fourth-order valence-corrected chi connectivity index (χ4v) is 2.54. The lowest BCUT2D eigenvalue weighted by molar-refractivity contribution is -0.122. The van der Waals surface area contributed by atoms with Gasteiger partial charge >= 0.3 is 0 Å². The van der Waals surface area contributed by atoms with Crippen molar-refractivity contribution in [3.05, 3.63) is 30.1 Å². The SMILES string of the molecule is O=C(CCCCl)NC1CCN(C(=O)c2ccccn2)CC1. The third kappa shape index (κ3) is 4.70. The van der Waals surface area contributed by atoms with Gasteiger partial charge in [0.15, 0.2) is 0 Å². The van der Waals surface area contributed by atoms with Crippen molar-refractivity contribution in [2.24, 2.45) is 0 Å². The van der Waals surface area contributed by atoms with Crippen molar-refractivity contribution in [2.75, 3.05) is 19.0 Å². The summed E-state index contributed by atoms with van der Waals surface area (Å²) in [7, 11) is 0. The van der Waals surface area contributed by atoms with E-state index >= 15 is 0 Å². The molecular formula is C15H20ClN3O2. The van der Waals surface area contributed by atoms with Crippen LogP contribution in [0.5, 0.6) is 0 Å². The van der Waals surface area contributed by atoms with Crippen molar-refractivity contribution in [1.29, 1.82) is 0 Å². The summed E-state index contributed by atoms with van der Waals surface area (Å²) in [5.74, 6) is 0.512. The Morgan fingerprint density at radius 2 is 2.10 bits per heavy atom. The maximum atomic E-state index is 12.2. The monoisotopic (exact) mass is 309 g/mol. The number of hydrogen-bond acceptors (Lipinski definition) is 3. The van der Waals surface area contributed by atoms with E-state index in [-0.39, 0.29) is 17.9 Å². The van der Waals surface area contributed by atoms with Crippen LogP contribution in [-0.4, -0.2) is 46.7 Å². The van der Waals surface area contributed by atoms with E-state index in [0.717, 1.165) is 12.8 Å². The quantitative estimate of drug-likeness (QED) is 0.844. The standard InChI is InChI=1S/C15H20ClN3O2/c16-8-3-5-14(20)18-12-6-10-19(11-7-12)15(21)13-4-1-2-9-17-13/h1-2,4,9,12H,3,5-8,10-11H2,(H,18,20). The van der Waals surface area contributed by atoms with E-state index in [1.54, 1.807) is 23.2 Å². The first-order valence-corrected chi connectivity index (χ1v) is 7.80. The number of rotatable bonds is 5. The number of likely N-dealkylation sites (tertiary alicyclic amines) is 1. The molecule has 0 unspecified atom stereocenters. The summed E-state index contributed by atoms with van der Waals surface area (Å²) >= 11 is 5.57. The first-order valence-electron chi connectivity index (χ1n) is 7.26. The third-order valence-corrected chi connectivity index (χ3v) is 3.84. The number of amides is 2. The fraction of sp³-hybridized carbons (Fsp3) is 0.533. The number of alkyl halides is 1. The molecule has 1 aromatic rings. The minimum absolute atomic E-state index is 0.0393. The molecular weight excluding hydrogens is 290 g/mol. The molecule has 5 nitrogen and oxygen atoms in total. The van der Waals surface area contributed by atoms with E-state index in [4.69, 9.17) is 11.6 Å². The molecule has 21 heavy (non-hydrogen) atoms. The van der Waals surface area contributed by atoms with Crippen molar-refractivity contribution >= 4 is 23.4 Å². The Labute approximate surface area is 129 Å². The van der Waals surface area contributed by atoms with Gasteiger partial charge in [-0.15, -0.1) is 11.6 Å². The van der Waals surface area contributed by atoms with Crippen molar-refractivity contribution in [1.82, 2.24) is 15.2 Å². The molecule has 1 fully saturated rings. The van der Waals surface area contributed by atoms with E-state index in [1.165, 1.54) is 0 Å². The minimum atomic E-state index is -0.0393. The number of nitrogens with zero attached hydrogens (tertiary/aromatic N) is 2. The Morgan fingerprint density at radius 1 is 1.33 bits per heavy atom. The second-order valence-corrected chi connectivity index (χ2v) is 5.52. The van der Waals surface area contributed by atoms with Gasteiger partial charge in [-0.25, -0.2) is 0 Å². The summed E-state index contributed by atoms with van der Waals surface area (Å²) in [6.07, 6.45) is 4.36. The van der Waals surface area contributed by atoms with Crippen molar-refractivity contribution < 1.29 is 9.59 Å². The maximum Gasteiger partial charge on any atom is 0.272 e. The van der Waals surface area contributed by atoms with Crippen LogP contribution < -0.4 is 5.32 Å². The van der Waals surface area contributed by atoms with Gasteiger partial charge in [0.25, 0.3) is 5.91 Å². The molecule has 0 radical (unpaired) electrons. The molecule has 1 aliphatic rings. The molecule has 1 aliphatic heterocycles. The Hall–Kier alpha value is -1.62. The first-order chi connectivity index (χ1) is 10.2. The van der Waals surface area contributed by atoms with Gasteiger partial charge in [-0.05, 0) is 31.4 Å². The molecule has 1 saturated heterocycles. The normalized spacial score (nSPS) is 15.8. The van der Waals surface area contributed by atoms with E-state index < -0.39 is 0 Å². The summed E-state index contributed by atoms with van der Waals surface area (Å²) in [6.45, 7) is 1.30. The zero-order chi connectivity index (χ0) is 15.1. The first kappa shape index (κ1) is 15.8. The van der Waals surface area contributed by atoms with Gasteiger partial charge in [0, 0.05) is 37.6 Å². The van der Waals surface area contributed by atoms with Gasteiger partial charge in [-0.2, -0.15) is 0 Å². The lowest BCUT2D eigenvalue weighted by Crippen LogP contribution is -2.46. The number of nitrogens with one attached hydrogen (secondary N) is 1. The molecule has 2 amide bonds. The van der Waals surface area contributed by atoms with Gasteiger partial charge in [0.05, 0.1) is 0 Å². The molecule has 0 aromatic carbocycles. The van der Waals surface area contributed by atoms with Gasteiger partial charge in [0.1, 0.15) is 5.69 Å². The molecule has 0 atom stereocenters. The van der Waals surface area contributed by atoms with Gasteiger partial charge in [0.2, 0.25) is 5.91 Å². The summed E-state index contributed by atoms with van der Waals surface area (Å²) < 4.78 is 0. The average molecular weight is 310 g/mol. The smallest absolute Gasteiger partial charge is 0.272 e. The molecule has 1 aromatic heterocycles. The summed E-state index contributed by atoms with van der Waals surface area (Å²) in [5, 5.41) is 3.00. The van der Waals surface area contributed by atoms with Crippen LogP contribution in [0.4, 0.5) is 0 Å². The van der Waals surface area contributed by atoms with Crippen molar-refractivity contribution in [3.8, 4) is 0 Å². The van der Waals surface area contributed by atoms with Crippen LogP contribution in [0.2, 0.25) is 0 Å². The fourth-order valence-electron chi connectivity index (χ4n) is 2.41. The molecule has 0 spiro atoms. The van der Waals surface area contributed by atoms with E-state index in [1.807, 2.05) is 6.07 Å². The Morgan fingerprint density at radius 3 is 2.71 bits per heavy atom. The van der Waals surface area contributed by atoms with Crippen LogP contribution in [0.1, 0.15) is 36.2 Å². The Balaban J connectivity index is 1.78. The van der Waals surface area contributed by atoms with Crippen LogP contribution in [0.15, 0.2) is 24.4 Å². The number of carbonyl (C=O) groups is 2. The van der Waals surface area contributed by atoms with Crippen LogP contribution >= 0.6 is 11.6 Å². The number of carbonyl (C=O) groups excluding carboxylic acids is 2. The largest absolute Gasteiger partial charge is 0.353 e. The highest BCUT2D eigenvalue weighted by atomic mass is 35.5. The number of halogens is 1. The van der Waals surface area contributed by atoms with Gasteiger partial charge in [-0.3, -0.25) is 14.6 Å². The predicted octanol–water partition coefficient (Wildman–Crippen LogP) is 1.82. The average Bonchev–Trinajstić information content (AvgIpc) is 2.54. The summed E-state index contributed by atoms with van der Waals surface area (Å²) in [5.41, 5.74) is 0.474. The lowest BCUT2D eigenvalue weighted by Gasteiger charge is -2.32. The summed E-state index contributed by atoms with van der Waals surface area (Å²) in [6, 6.07) is 5.48. The number of aromatic nitrogens is 1. The Bertz CT molecular complexity index is 473. The second-order valence-electron chi connectivity index (χ2n) is 5.14. The zero-order valence-electron chi connectivity index (χ0n) is 11.9. The van der Waals surface area contributed by atoms with Gasteiger partial charge in [-0.1, -0.05) is 6.07 Å². The van der Waals surface area contributed by atoms with Gasteiger partial charge < -0.3 is 10.2 Å². The highest BCUT2D eigenvalue weighted by Crippen LogP contribution is 2.13. The van der Waals surface area contributed by atoms with Crippen molar-refractivity contribution in [3.63, 3.8) is 0 Å². The highest BCUT2D eigenvalue weighted by Gasteiger charge is 2.24. The predicted molar refractivity (Wildman–Crippen MR) is 81.3 cm³/mol. The maximum absolute atomic E-state index is 12.2. The molecule has 1 N–H and O–H groups in total. The third-order valence-electron chi connectivity index (χ3n) is 3.57. The Kier molecular flexibility index (Phi) is 5.99. The molecule has 6 heteroatoms. The van der Waals surface area contributed by atoms with E-state index in [9.17, 15) is 9.59 Å². The molecule has 2 rings (SSSR count). The molecule has 0 aliphatic carbocycles. The van der Waals surface area contributed by atoms with Crippen LogP contribution in [0.25, 0.3) is 0 Å². The summed E-state index contributed by atoms with van der Waals surface area (Å²) in [4.78, 5) is 29.8. The van der Waals surface area contributed by atoms with Crippen LogP contribution in [0.3, 0.4) is 0 Å².